The maximum absolute atomic E-state index is 10.2. The molecule has 0 saturated heterocycles. The van der Waals surface area contributed by atoms with Gasteiger partial charge in [0.05, 0.1) is 5.60 Å². The van der Waals surface area contributed by atoms with Crippen molar-refractivity contribution in [1.82, 2.24) is 0 Å². The Bertz CT molecular complexity index is 162. The lowest BCUT2D eigenvalue weighted by Crippen LogP contribution is -2.16. The molecule has 0 radical (unpaired) electrons. The maximum atomic E-state index is 10.2. The molecule has 0 aromatic heterocycles. The number of rotatable bonds is 2. The molecule has 0 atom stereocenters. The minimum Gasteiger partial charge on any atom is -0.478 e. The summed E-state index contributed by atoms with van der Waals surface area (Å²) < 4.78 is 0. The van der Waals surface area contributed by atoms with Gasteiger partial charge in [0.15, 0.2) is 0 Å². The van der Waals surface area contributed by atoms with Crippen LogP contribution >= 0.6 is 0 Å². The first-order valence-electron chi connectivity index (χ1n) is 2.98. The van der Waals surface area contributed by atoms with Crippen molar-refractivity contribution in [1.29, 1.82) is 0 Å². The van der Waals surface area contributed by atoms with Crippen molar-refractivity contribution in [2.24, 2.45) is 0 Å². The van der Waals surface area contributed by atoms with Gasteiger partial charge in [0.25, 0.3) is 0 Å². The Kier molecular flexibility index (Phi) is 2.60. The first-order valence-corrected chi connectivity index (χ1v) is 2.98. The number of carboxylic acids is 1. The first kappa shape index (κ1) is 9.17. The number of hydrogen-bond acceptors (Lipinski definition) is 2. The smallest absolute Gasteiger partial charge is 0.331 e. The van der Waals surface area contributed by atoms with E-state index < -0.39 is 11.6 Å². The fraction of sp³-hybridized carbons (Fsp3) is 0.571. The van der Waals surface area contributed by atoms with E-state index in [-0.39, 0.29) is 5.57 Å². The van der Waals surface area contributed by atoms with Crippen LogP contribution in [0.2, 0.25) is 0 Å². The molecule has 0 fully saturated rings. The van der Waals surface area contributed by atoms with Crippen molar-refractivity contribution in [3.63, 3.8) is 0 Å². The molecule has 58 valence electrons. The summed E-state index contributed by atoms with van der Waals surface area (Å²) in [5, 5.41) is 17.5. The Labute approximate surface area is 60.0 Å². The summed E-state index contributed by atoms with van der Waals surface area (Å²) in [6, 6.07) is 0. The van der Waals surface area contributed by atoms with E-state index in [1.54, 1.807) is 0 Å². The lowest BCUT2D eigenvalue weighted by atomic mass is 10.1. The second-order valence-corrected chi connectivity index (χ2v) is 2.79. The Morgan fingerprint density at radius 1 is 1.50 bits per heavy atom. The number of aliphatic carboxylic acids is 1. The molecule has 0 saturated carbocycles. The largest absolute Gasteiger partial charge is 0.478 e. The molecule has 0 bridgehead atoms. The molecule has 0 aromatic carbocycles. The van der Waals surface area contributed by atoms with Crippen LogP contribution in [0.25, 0.3) is 0 Å². The minimum atomic E-state index is -1.04. The zero-order chi connectivity index (χ0) is 8.36. The number of aliphatic hydroxyl groups is 1. The molecule has 0 aliphatic rings. The first-order chi connectivity index (χ1) is 4.33. The van der Waals surface area contributed by atoms with Gasteiger partial charge in [0.2, 0.25) is 0 Å². The van der Waals surface area contributed by atoms with Crippen LogP contribution in [0, 0.1) is 0 Å². The average Bonchev–Trinajstić information content (AvgIpc) is 1.60. The van der Waals surface area contributed by atoms with Gasteiger partial charge in [0.1, 0.15) is 0 Å². The lowest BCUT2D eigenvalue weighted by Gasteiger charge is -2.10. The Hall–Kier alpha value is -0.830. The van der Waals surface area contributed by atoms with Gasteiger partial charge in [-0.25, -0.2) is 4.79 Å². The summed E-state index contributed by atoms with van der Waals surface area (Å²) in [7, 11) is 0. The molecule has 2 N–H and O–H groups in total. The predicted molar refractivity (Wildman–Crippen MR) is 37.7 cm³/mol. The summed E-state index contributed by atoms with van der Waals surface area (Å²) in [6.07, 6.45) is 1.30. The van der Waals surface area contributed by atoms with Crippen molar-refractivity contribution in [2.75, 3.05) is 0 Å². The number of carboxylic acid groups (broad SMARTS) is 1. The van der Waals surface area contributed by atoms with Crippen LogP contribution in [0.3, 0.4) is 0 Å². The highest BCUT2D eigenvalue weighted by molar-refractivity contribution is 5.85. The van der Waals surface area contributed by atoms with E-state index in [9.17, 15) is 4.79 Å². The summed E-state index contributed by atoms with van der Waals surface area (Å²) in [5.74, 6) is -0.998. The summed E-state index contributed by atoms with van der Waals surface area (Å²) in [6.45, 7) is 4.50. The SMILES string of the molecule is CC(=CC(C)(C)O)C(=O)O. The van der Waals surface area contributed by atoms with Crippen molar-refractivity contribution in [2.45, 2.75) is 26.4 Å². The molecule has 3 nitrogen and oxygen atoms in total. The third-order valence-electron chi connectivity index (χ3n) is 0.907. The summed E-state index contributed by atoms with van der Waals surface area (Å²) in [5.41, 5.74) is -0.879. The van der Waals surface area contributed by atoms with Gasteiger partial charge in [-0.2, -0.15) is 0 Å². The Morgan fingerprint density at radius 3 is 2.00 bits per heavy atom. The van der Waals surface area contributed by atoms with Gasteiger partial charge in [-0.3, -0.25) is 0 Å². The van der Waals surface area contributed by atoms with Crippen LogP contribution < -0.4 is 0 Å². The Balaban J connectivity index is 4.32. The zero-order valence-corrected chi connectivity index (χ0v) is 6.38. The van der Waals surface area contributed by atoms with Crippen LogP contribution in [0.1, 0.15) is 20.8 Å². The second kappa shape index (κ2) is 2.84. The van der Waals surface area contributed by atoms with E-state index in [2.05, 4.69) is 0 Å². The van der Waals surface area contributed by atoms with E-state index in [4.69, 9.17) is 10.2 Å². The van der Waals surface area contributed by atoms with E-state index in [1.165, 1.54) is 26.8 Å². The normalized spacial score (nSPS) is 13.4. The minimum absolute atomic E-state index is 0.160. The molecule has 10 heavy (non-hydrogen) atoms. The van der Waals surface area contributed by atoms with Crippen molar-refractivity contribution in [3.8, 4) is 0 Å². The molecule has 0 rings (SSSR count). The van der Waals surface area contributed by atoms with Gasteiger partial charge in [-0.1, -0.05) is 0 Å². The summed E-state index contributed by atoms with van der Waals surface area (Å²) in [4.78, 5) is 10.2. The van der Waals surface area contributed by atoms with E-state index >= 15 is 0 Å². The van der Waals surface area contributed by atoms with Crippen LogP contribution in [0.4, 0.5) is 0 Å². The molecule has 0 spiro atoms. The van der Waals surface area contributed by atoms with Crippen molar-refractivity contribution < 1.29 is 15.0 Å². The average molecular weight is 144 g/mol. The van der Waals surface area contributed by atoms with Crippen LogP contribution in [0.15, 0.2) is 11.6 Å². The maximum Gasteiger partial charge on any atom is 0.331 e. The van der Waals surface area contributed by atoms with E-state index in [0.29, 0.717) is 0 Å². The van der Waals surface area contributed by atoms with E-state index in [0.717, 1.165) is 0 Å². The molecule has 0 unspecified atom stereocenters. The van der Waals surface area contributed by atoms with Gasteiger partial charge in [-0.15, -0.1) is 0 Å². The third kappa shape index (κ3) is 4.09. The van der Waals surface area contributed by atoms with Crippen molar-refractivity contribution in [3.05, 3.63) is 11.6 Å². The molecule has 0 aliphatic heterocycles. The highest BCUT2D eigenvalue weighted by Gasteiger charge is 2.10. The molecule has 0 heterocycles. The molecular weight excluding hydrogens is 132 g/mol. The fourth-order valence-corrected chi connectivity index (χ4v) is 0.592. The molecule has 0 aliphatic carbocycles. The topological polar surface area (TPSA) is 57.5 Å². The monoisotopic (exact) mass is 144 g/mol. The van der Waals surface area contributed by atoms with Gasteiger partial charge in [0, 0.05) is 5.57 Å². The highest BCUT2D eigenvalue weighted by Crippen LogP contribution is 2.06. The standard InChI is InChI=1S/C7H12O3/c1-5(6(8)9)4-7(2,3)10/h4,10H,1-3H3,(H,8,9). The van der Waals surface area contributed by atoms with Crippen LogP contribution in [-0.4, -0.2) is 21.8 Å². The fourth-order valence-electron chi connectivity index (χ4n) is 0.592. The summed E-state index contributed by atoms with van der Waals surface area (Å²) >= 11 is 0. The quantitative estimate of drug-likeness (QED) is 0.563. The van der Waals surface area contributed by atoms with Crippen molar-refractivity contribution >= 4 is 5.97 Å². The predicted octanol–water partition coefficient (Wildman–Crippen LogP) is 0.788. The second-order valence-electron chi connectivity index (χ2n) is 2.79. The van der Waals surface area contributed by atoms with Gasteiger partial charge in [-0.05, 0) is 26.8 Å². The van der Waals surface area contributed by atoms with Crippen LogP contribution in [-0.2, 0) is 4.79 Å². The molecule has 0 amide bonds. The van der Waals surface area contributed by atoms with Crippen LogP contribution in [0.5, 0.6) is 0 Å². The third-order valence-corrected chi connectivity index (χ3v) is 0.907. The van der Waals surface area contributed by atoms with Gasteiger partial charge >= 0.3 is 5.97 Å². The number of carbonyl (C=O) groups is 1. The number of hydrogen-bond donors (Lipinski definition) is 2. The van der Waals surface area contributed by atoms with E-state index in [1.807, 2.05) is 0 Å². The highest BCUT2D eigenvalue weighted by atomic mass is 16.4. The molecular formula is C7H12O3. The Morgan fingerprint density at radius 2 is 1.90 bits per heavy atom. The lowest BCUT2D eigenvalue weighted by molar-refractivity contribution is -0.132. The molecule has 3 heteroatoms. The zero-order valence-electron chi connectivity index (χ0n) is 6.38. The van der Waals surface area contributed by atoms with Gasteiger partial charge < -0.3 is 10.2 Å². The molecule has 0 aromatic rings.